The predicted octanol–water partition coefficient (Wildman–Crippen LogP) is 2.71. The third kappa shape index (κ3) is 2.48. The monoisotopic (exact) mass is 308 g/mol. The fraction of sp³-hybridized carbons (Fsp3) is 0.882. The van der Waals surface area contributed by atoms with Crippen LogP contribution < -0.4 is 5.32 Å². The van der Waals surface area contributed by atoms with Crippen molar-refractivity contribution in [2.75, 3.05) is 19.6 Å². The number of carboxylic acid groups (broad SMARTS) is 1. The van der Waals surface area contributed by atoms with Gasteiger partial charge in [-0.25, -0.2) is 4.79 Å². The zero-order valence-corrected chi connectivity index (χ0v) is 13.7. The highest BCUT2D eigenvalue weighted by Gasteiger charge is 2.55. The van der Waals surface area contributed by atoms with Crippen molar-refractivity contribution in [3.8, 4) is 0 Å². The first-order chi connectivity index (χ1) is 10.3. The summed E-state index contributed by atoms with van der Waals surface area (Å²) >= 11 is 0. The van der Waals surface area contributed by atoms with Crippen molar-refractivity contribution in [3.05, 3.63) is 0 Å². The Balaban J connectivity index is 1.56. The van der Waals surface area contributed by atoms with Crippen molar-refractivity contribution >= 4 is 12.0 Å². The van der Waals surface area contributed by atoms with Crippen LogP contribution in [0.15, 0.2) is 0 Å². The largest absolute Gasteiger partial charge is 0.481 e. The van der Waals surface area contributed by atoms with Crippen LogP contribution >= 0.6 is 0 Å². The van der Waals surface area contributed by atoms with Gasteiger partial charge in [0.25, 0.3) is 0 Å². The normalized spacial score (nSPS) is 31.7. The van der Waals surface area contributed by atoms with Crippen molar-refractivity contribution in [1.82, 2.24) is 10.2 Å². The lowest BCUT2D eigenvalue weighted by Gasteiger charge is -2.40. The molecule has 0 spiro atoms. The average Bonchev–Trinajstić information content (AvgIpc) is 2.90. The molecule has 2 atom stereocenters. The van der Waals surface area contributed by atoms with Gasteiger partial charge in [0.2, 0.25) is 0 Å². The molecular weight excluding hydrogens is 280 g/mol. The summed E-state index contributed by atoms with van der Waals surface area (Å²) in [6.45, 7) is 6.09. The quantitative estimate of drug-likeness (QED) is 0.839. The van der Waals surface area contributed by atoms with Gasteiger partial charge in [0, 0.05) is 19.6 Å². The van der Waals surface area contributed by atoms with E-state index in [0.717, 1.165) is 12.8 Å². The Kier molecular flexibility index (Phi) is 3.86. The molecule has 3 aliphatic rings. The van der Waals surface area contributed by atoms with Crippen LogP contribution in [-0.4, -0.2) is 41.6 Å². The molecule has 3 rings (SSSR count). The lowest BCUT2D eigenvalue weighted by molar-refractivity contribution is -0.149. The first kappa shape index (κ1) is 15.6. The zero-order chi connectivity index (χ0) is 16.0. The fourth-order valence-electron chi connectivity index (χ4n) is 4.54. The number of carbonyl (C=O) groups is 2. The lowest BCUT2D eigenvalue weighted by Crippen LogP contribution is -2.46. The van der Waals surface area contributed by atoms with E-state index in [2.05, 4.69) is 19.2 Å². The number of fused-ring (bicyclic) bond motifs is 1. The minimum Gasteiger partial charge on any atom is -0.481 e. The van der Waals surface area contributed by atoms with Gasteiger partial charge in [0.05, 0.1) is 5.41 Å². The van der Waals surface area contributed by atoms with Crippen LogP contribution in [0.5, 0.6) is 0 Å². The molecule has 1 saturated heterocycles. The Morgan fingerprint density at radius 1 is 1.27 bits per heavy atom. The number of urea groups is 1. The van der Waals surface area contributed by atoms with Gasteiger partial charge < -0.3 is 15.3 Å². The summed E-state index contributed by atoms with van der Waals surface area (Å²) in [5.41, 5.74) is -0.547. The van der Waals surface area contributed by atoms with Crippen LogP contribution in [-0.2, 0) is 4.79 Å². The van der Waals surface area contributed by atoms with Gasteiger partial charge in [-0.3, -0.25) is 4.79 Å². The molecule has 3 fully saturated rings. The van der Waals surface area contributed by atoms with E-state index in [1.165, 1.54) is 19.3 Å². The minimum absolute atomic E-state index is 0.0811. The molecule has 5 heteroatoms. The number of amides is 2. The first-order valence-electron chi connectivity index (χ1n) is 8.61. The van der Waals surface area contributed by atoms with E-state index in [1.807, 2.05) is 0 Å². The molecule has 0 aromatic rings. The molecule has 1 heterocycles. The molecule has 124 valence electrons. The van der Waals surface area contributed by atoms with Crippen molar-refractivity contribution in [3.63, 3.8) is 0 Å². The molecule has 0 aromatic carbocycles. The van der Waals surface area contributed by atoms with Gasteiger partial charge in [-0.2, -0.15) is 0 Å². The van der Waals surface area contributed by atoms with Crippen molar-refractivity contribution < 1.29 is 14.7 Å². The summed E-state index contributed by atoms with van der Waals surface area (Å²) < 4.78 is 0. The average molecular weight is 308 g/mol. The topological polar surface area (TPSA) is 69.6 Å². The summed E-state index contributed by atoms with van der Waals surface area (Å²) in [6, 6.07) is -0.0811. The maximum Gasteiger partial charge on any atom is 0.317 e. The summed E-state index contributed by atoms with van der Waals surface area (Å²) in [4.78, 5) is 25.8. The van der Waals surface area contributed by atoms with E-state index in [-0.39, 0.29) is 17.4 Å². The zero-order valence-electron chi connectivity index (χ0n) is 13.7. The van der Waals surface area contributed by atoms with Crippen molar-refractivity contribution in [2.45, 2.75) is 52.4 Å². The Labute approximate surface area is 132 Å². The molecule has 2 saturated carbocycles. The van der Waals surface area contributed by atoms with Crippen LogP contribution in [0, 0.1) is 22.7 Å². The highest BCUT2D eigenvalue weighted by molar-refractivity contribution is 5.80. The lowest BCUT2D eigenvalue weighted by atomic mass is 9.67. The van der Waals surface area contributed by atoms with Crippen molar-refractivity contribution in [2.24, 2.45) is 22.7 Å². The molecule has 0 aromatic heterocycles. The predicted molar refractivity (Wildman–Crippen MR) is 83.5 cm³/mol. The van der Waals surface area contributed by atoms with Crippen LogP contribution in [0.2, 0.25) is 0 Å². The number of aliphatic carboxylic acids is 1. The molecule has 2 N–H and O–H groups in total. The first-order valence-corrected chi connectivity index (χ1v) is 8.61. The maximum atomic E-state index is 12.4. The molecule has 0 unspecified atom stereocenters. The van der Waals surface area contributed by atoms with E-state index >= 15 is 0 Å². The van der Waals surface area contributed by atoms with Gasteiger partial charge >= 0.3 is 12.0 Å². The number of likely N-dealkylation sites (tertiary alicyclic amines) is 1. The molecule has 5 nitrogen and oxygen atoms in total. The molecule has 2 aliphatic carbocycles. The van der Waals surface area contributed by atoms with Crippen LogP contribution in [0.25, 0.3) is 0 Å². The molecule has 0 bridgehead atoms. The number of hydrogen-bond donors (Lipinski definition) is 2. The standard InChI is InChI=1S/C17H28N2O3/c1-16(2,12-5-3-6-12)10-18-15(22)19-9-13-7-4-8-17(13,11-19)14(20)21/h12-13H,3-11H2,1-2H3,(H,18,22)(H,20,21)/t13-,17+/m0/s1. The summed E-state index contributed by atoms with van der Waals surface area (Å²) in [5.74, 6) is 0.117. The molecular formula is C17H28N2O3. The van der Waals surface area contributed by atoms with Gasteiger partial charge in [0.15, 0.2) is 0 Å². The van der Waals surface area contributed by atoms with Crippen LogP contribution in [0.4, 0.5) is 4.79 Å². The maximum absolute atomic E-state index is 12.4. The molecule has 2 amide bonds. The highest BCUT2D eigenvalue weighted by Crippen LogP contribution is 2.49. The minimum atomic E-state index is -0.722. The Morgan fingerprint density at radius 3 is 2.55 bits per heavy atom. The van der Waals surface area contributed by atoms with Gasteiger partial charge in [0.1, 0.15) is 0 Å². The van der Waals surface area contributed by atoms with E-state index in [1.54, 1.807) is 4.90 Å². The SMILES string of the molecule is CC(C)(CNC(=O)N1C[C@@H]2CCC[C@@]2(C(=O)O)C1)C1CCC1. The third-order valence-corrected chi connectivity index (χ3v) is 6.49. The summed E-state index contributed by atoms with van der Waals surface area (Å²) in [5, 5.41) is 12.6. The number of nitrogens with zero attached hydrogens (tertiary/aromatic N) is 1. The van der Waals surface area contributed by atoms with E-state index in [9.17, 15) is 14.7 Å². The van der Waals surface area contributed by atoms with E-state index < -0.39 is 11.4 Å². The number of hydrogen-bond acceptors (Lipinski definition) is 2. The number of carboxylic acids is 1. The smallest absolute Gasteiger partial charge is 0.317 e. The molecule has 1 aliphatic heterocycles. The van der Waals surface area contributed by atoms with Crippen LogP contribution in [0.1, 0.15) is 52.4 Å². The molecule has 0 radical (unpaired) electrons. The van der Waals surface area contributed by atoms with Gasteiger partial charge in [-0.1, -0.05) is 26.7 Å². The fourth-order valence-corrected chi connectivity index (χ4v) is 4.54. The third-order valence-electron chi connectivity index (χ3n) is 6.49. The van der Waals surface area contributed by atoms with Gasteiger partial charge in [-0.15, -0.1) is 0 Å². The molecule has 22 heavy (non-hydrogen) atoms. The number of rotatable bonds is 4. The van der Waals surface area contributed by atoms with Gasteiger partial charge in [-0.05, 0) is 42.9 Å². The summed E-state index contributed by atoms with van der Waals surface area (Å²) in [6.07, 6.45) is 6.44. The highest BCUT2D eigenvalue weighted by atomic mass is 16.4. The van der Waals surface area contributed by atoms with Crippen molar-refractivity contribution in [1.29, 1.82) is 0 Å². The summed E-state index contributed by atoms with van der Waals surface area (Å²) in [7, 11) is 0. The second-order valence-electron chi connectivity index (χ2n) is 8.21. The van der Waals surface area contributed by atoms with Crippen LogP contribution in [0.3, 0.4) is 0 Å². The Morgan fingerprint density at radius 2 is 2.00 bits per heavy atom. The second-order valence-corrected chi connectivity index (χ2v) is 8.21. The second kappa shape index (κ2) is 5.43. The number of carbonyl (C=O) groups excluding carboxylic acids is 1. The van der Waals surface area contributed by atoms with E-state index in [4.69, 9.17) is 0 Å². The Bertz CT molecular complexity index is 473. The Hall–Kier alpha value is -1.26. The number of nitrogens with one attached hydrogen (secondary N) is 1. The van der Waals surface area contributed by atoms with E-state index in [0.29, 0.717) is 32.0 Å².